The molecule has 3 heteroatoms. The minimum absolute atomic E-state index is 0.204. The Kier molecular flexibility index (Phi) is 1.44. The summed E-state index contributed by atoms with van der Waals surface area (Å²) in [5.41, 5.74) is 0. The van der Waals surface area contributed by atoms with E-state index in [1.165, 1.54) is 0 Å². The smallest absolute Gasteiger partial charge is 0.0951 e. The van der Waals surface area contributed by atoms with Crippen LogP contribution >= 0.6 is 0 Å². The lowest BCUT2D eigenvalue weighted by Crippen LogP contribution is -2.36. The lowest BCUT2D eigenvalue weighted by molar-refractivity contribution is 0.0674. The van der Waals surface area contributed by atoms with Crippen LogP contribution in [0.1, 0.15) is 6.92 Å². The van der Waals surface area contributed by atoms with Crippen molar-refractivity contribution in [2.24, 2.45) is 5.92 Å². The molecule has 10 heavy (non-hydrogen) atoms. The molecule has 2 aliphatic heterocycles. The van der Waals surface area contributed by atoms with Gasteiger partial charge in [0, 0.05) is 6.54 Å². The normalized spacial score (nSPS) is 53.4. The van der Waals surface area contributed by atoms with Crippen molar-refractivity contribution in [1.82, 2.24) is 5.32 Å². The van der Waals surface area contributed by atoms with Crippen LogP contribution in [0.3, 0.4) is 0 Å². The van der Waals surface area contributed by atoms with Gasteiger partial charge < -0.3 is 15.2 Å². The third kappa shape index (κ3) is 0.779. The van der Waals surface area contributed by atoms with Crippen LogP contribution in [-0.2, 0) is 4.74 Å². The first-order chi connectivity index (χ1) is 4.79. The van der Waals surface area contributed by atoms with Gasteiger partial charge in [-0.25, -0.2) is 0 Å². The van der Waals surface area contributed by atoms with Gasteiger partial charge in [0.2, 0.25) is 0 Å². The second-order valence-electron chi connectivity index (χ2n) is 3.28. The van der Waals surface area contributed by atoms with Crippen molar-refractivity contribution in [2.75, 3.05) is 13.2 Å². The maximum atomic E-state index is 9.33. The van der Waals surface area contributed by atoms with E-state index in [1.54, 1.807) is 0 Å². The zero-order valence-electron chi connectivity index (χ0n) is 6.08. The van der Waals surface area contributed by atoms with E-state index in [-0.39, 0.29) is 18.2 Å². The molecule has 0 spiro atoms. The van der Waals surface area contributed by atoms with E-state index in [0.717, 1.165) is 6.54 Å². The molecule has 2 N–H and O–H groups in total. The molecule has 3 unspecified atom stereocenters. The van der Waals surface area contributed by atoms with E-state index in [0.29, 0.717) is 12.5 Å². The molecule has 2 fully saturated rings. The lowest BCUT2D eigenvalue weighted by Gasteiger charge is -2.11. The number of nitrogens with one attached hydrogen (secondary N) is 1. The molecular formula is C7H13NO2. The van der Waals surface area contributed by atoms with Crippen LogP contribution in [0.15, 0.2) is 0 Å². The molecule has 0 aromatic rings. The van der Waals surface area contributed by atoms with Crippen LogP contribution in [-0.4, -0.2) is 36.5 Å². The fraction of sp³-hybridized carbons (Fsp3) is 1.00. The summed E-state index contributed by atoms with van der Waals surface area (Å²) in [7, 11) is 0. The van der Waals surface area contributed by atoms with Crippen molar-refractivity contribution in [3.63, 3.8) is 0 Å². The Balaban J connectivity index is 2.09. The first kappa shape index (κ1) is 6.58. The summed E-state index contributed by atoms with van der Waals surface area (Å²) in [4.78, 5) is 0. The SMILES string of the molecule is CC1CNC2C(O)CO[C@H]12. The molecule has 0 saturated carbocycles. The summed E-state index contributed by atoms with van der Waals surface area (Å²) in [6.07, 6.45) is -0.0232. The number of fused-ring (bicyclic) bond motifs is 1. The molecule has 3 nitrogen and oxygen atoms in total. The van der Waals surface area contributed by atoms with E-state index in [9.17, 15) is 5.11 Å². The fourth-order valence-electron chi connectivity index (χ4n) is 1.84. The zero-order valence-corrected chi connectivity index (χ0v) is 6.08. The van der Waals surface area contributed by atoms with E-state index < -0.39 is 0 Å². The second-order valence-corrected chi connectivity index (χ2v) is 3.28. The van der Waals surface area contributed by atoms with Gasteiger partial charge in [-0.15, -0.1) is 0 Å². The Morgan fingerprint density at radius 3 is 3.10 bits per heavy atom. The van der Waals surface area contributed by atoms with Crippen LogP contribution in [0.5, 0.6) is 0 Å². The maximum absolute atomic E-state index is 9.33. The lowest BCUT2D eigenvalue weighted by atomic mass is 10.0. The first-order valence-corrected chi connectivity index (χ1v) is 3.82. The van der Waals surface area contributed by atoms with E-state index in [1.807, 2.05) is 0 Å². The highest BCUT2D eigenvalue weighted by atomic mass is 16.5. The number of aliphatic hydroxyl groups excluding tert-OH is 1. The molecule has 0 radical (unpaired) electrons. The Hall–Kier alpha value is -0.120. The highest BCUT2D eigenvalue weighted by Crippen LogP contribution is 2.25. The van der Waals surface area contributed by atoms with E-state index in [4.69, 9.17) is 4.74 Å². The Labute approximate surface area is 60.4 Å². The summed E-state index contributed by atoms with van der Waals surface area (Å²) < 4.78 is 5.39. The van der Waals surface area contributed by atoms with Gasteiger partial charge in [0.25, 0.3) is 0 Å². The number of hydrogen-bond acceptors (Lipinski definition) is 3. The number of hydrogen-bond donors (Lipinski definition) is 2. The molecule has 2 saturated heterocycles. The van der Waals surface area contributed by atoms with E-state index >= 15 is 0 Å². The van der Waals surface area contributed by atoms with Gasteiger partial charge in [-0.3, -0.25) is 0 Å². The van der Waals surface area contributed by atoms with Gasteiger partial charge in [0.1, 0.15) is 0 Å². The van der Waals surface area contributed by atoms with Crippen LogP contribution in [0.2, 0.25) is 0 Å². The van der Waals surface area contributed by atoms with Gasteiger partial charge in [-0.05, 0) is 5.92 Å². The molecular weight excluding hydrogens is 130 g/mol. The van der Waals surface area contributed by atoms with Gasteiger partial charge in [0.15, 0.2) is 0 Å². The molecule has 2 heterocycles. The van der Waals surface area contributed by atoms with Gasteiger partial charge in [0.05, 0.1) is 24.9 Å². The molecule has 0 aliphatic carbocycles. The molecule has 58 valence electrons. The molecule has 0 amide bonds. The number of ether oxygens (including phenoxy) is 1. The van der Waals surface area contributed by atoms with Crippen molar-refractivity contribution in [3.8, 4) is 0 Å². The minimum Gasteiger partial charge on any atom is -0.389 e. The highest BCUT2D eigenvalue weighted by molar-refractivity contribution is 4.97. The molecule has 2 rings (SSSR count). The van der Waals surface area contributed by atoms with Gasteiger partial charge in [-0.1, -0.05) is 6.92 Å². The summed E-state index contributed by atoms with van der Waals surface area (Å²) in [6, 6.07) is 0.204. The van der Waals surface area contributed by atoms with Crippen molar-refractivity contribution >= 4 is 0 Å². The van der Waals surface area contributed by atoms with Crippen molar-refractivity contribution in [1.29, 1.82) is 0 Å². The Bertz CT molecular complexity index is 124. The van der Waals surface area contributed by atoms with E-state index in [2.05, 4.69) is 12.2 Å². The summed E-state index contributed by atoms with van der Waals surface area (Å²) in [6.45, 7) is 3.63. The zero-order chi connectivity index (χ0) is 7.14. The largest absolute Gasteiger partial charge is 0.389 e. The Morgan fingerprint density at radius 2 is 2.40 bits per heavy atom. The summed E-state index contributed by atoms with van der Waals surface area (Å²) >= 11 is 0. The fourth-order valence-corrected chi connectivity index (χ4v) is 1.84. The van der Waals surface area contributed by atoms with Crippen LogP contribution < -0.4 is 5.32 Å². The number of rotatable bonds is 0. The topological polar surface area (TPSA) is 41.5 Å². The molecule has 0 aromatic carbocycles. The van der Waals surface area contributed by atoms with Crippen LogP contribution in [0.4, 0.5) is 0 Å². The van der Waals surface area contributed by atoms with Crippen LogP contribution in [0.25, 0.3) is 0 Å². The molecule has 0 aromatic heterocycles. The highest BCUT2D eigenvalue weighted by Gasteiger charge is 2.43. The van der Waals surface area contributed by atoms with Crippen molar-refractivity contribution < 1.29 is 9.84 Å². The minimum atomic E-state index is -0.282. The molecule has 0 bridgehead atoms. The average molecular weight is 143 g/mol. The van der Waals surface area contributed by atoms with Crippen LogP contribution in [0, 0.1) is 5.92 Å². The summed E-state index contributed by atoms with van der Waals surface area (Å²) in [5, 5.41) is 12.6. The second kappa shape index (κ2) is 2.19. The van der Waals surface area contributed by atoms with Gasteiger partial charge in [-0.2, -0.15) is 0 Å². The van der Waals surface area contributed by atoms with Crippen molar-refractivity contribution in [3.05, 3.63) is 0 Å². The number of aliphatic hydroxyl groups is 1. The standard InChI is InChI=1S/C7H13NO2/c1-4-2-8-6-5(9)3-10-7(4)6/h4-9H,2-3H2,1H3/t4?,5?,6?,7-/m1/s1. The quantitative estimate of drug-likeness (QED) is 0.473. The maximum Gasteiger partial charge on any atom is 0.0951 e. The Morgan fingerprint density at radius 1 is 1.60 bits per heavy atom. The third-order valence-corrected chi connectivity index (χ3v) is 2.46. The monoisotopic (exact) mass is 143 g/mol. The molecule has 2 aliphatic rings. The average Bonchev–Trinajstić information content (AvgIpc) is 2.41. The molecule has 4 atom stereocenters. The van der Waals surface area contributed by atoms with Gasteiger partial charge >= 0.3 is 0 Å². The summed E-state index contributed by atoms with van der Waals surface area (Å²) in [5.74, 6) is 0.558. The third-order valence-electron chi connectivity index (χ3n) is 2.46. The first-order valence-electron chi connectivity index (χ1n) is 3.82. The predicted molar refractivity (Wildman–Crippen MR) is 36.7 cm³/mol. The predicted octanol–water partition coefficient (Wildman–Crippen LogP) is -0.646. The van der Waals surface area contributed by atoms with Crippen molar-refractivity contribution in [2.45, 2.75) is 25.2 Å².